The maximum absolute atomic E-state index is 11.6. The number of methoxy groups -OCH3 is 1. The van der Waals surface area contributed by atoms with Crippen LogP contribution in [-0.2, 0) is 9.53 Å². The molecule has 1 amide bonds. The number of aromatic nitrogens is 1. The molecule has 1 unspecified atom stereocenters. The van der Waals surface area contributed by atoms with E-state index in [4.69, 9.17) is 4.74 Å². The SMILES string of the molecule is CCC(=O)Nc1ccc2c(N3CCC(OC)C3)cc(C)nc2c1. The first-order valence-electron chi connectivity index (χ1n) is 8.09. The van der Waals surface area contributed by atoms with Crippen LogP contribution in [0.2, 0.25) is 0 Å². The summed E-state index contributed by atoms with van der Waals surface area (Å²) in [5.74, 6) is 0.0136. The maximum Gasteiger partial charge on any atom is 0.224 e. The Morgan fingerprint density at radius 2 is 2.26 bits per heavy atom. The summed E-state index contributed by atoms with van der Waals surface area (Å²) in [6.45, 7) is 5.75. The van der Waals surface area contributed by atoms with Gasteiger partial charge in [-0.1, -0.05) is 6.92 Å². The van der Waals surface area contributed by atoms with E-state index in [1.807, 2.05) is 32.0 Å². The normalized spacial score (nSPS) is 17.7. The smallest absolute Gasteiger partial charge is 0.224 e. The van der Waals surface area contributed by atoms with Crippen LogP contribution in [0, 0.1) is 6.92 Å². The highest BCUT2D eigenvalue weighted by Crippen LogP contribution is 2.31. The summed E-state index contributed by atoms with van der Waals surface area (Å²) in [5.41, 5.74) is 3.88. The van der Waals surface area contributed by atoms with E-state index in [1.54, 1.807) is 7.11 Å². The van der Waals surface area contributed by atoms with Gasteiger partial charge in [0, 0.05) is 49.1 Å². The quantitative estimate of drug-likeness (QED) is 0.942. The van der Waals surface area contributed by atoms with Gasteiger partial charge >= 0.3 is 0 Å². The van der Waals surface area contributed by atoms with Crippen molar-refractivity contribution in [3.05, 3.63) is 30.0 Å². The first-order valence-corrected chi connectivity index (χ1v) is 8.09. The van der Waals surface area contributed by atoms with Gasteiger partial charge in [-0.2, -0.15) is 0 Å². The third kappa shape index (κ3) is 3.29. The Bertz CT molecular complexity index is 730. The van der Waals surface area contributed by atoms with Crippen LogP contribution < -0.4 is 10.2 Å². The minimum Gasteiger partial charge on any atom is -0.380 e. The number of nitrogens with one attached hydrogen (secondary N) is 1. The minimum absolute atomic E-state index is 0.0136. The third-order valence-electron chi connectivity index (χ3n) is 4.34. The van der Waals surface area contributed by atoms with Gasteiger partial charge in [0.05, 0.1) is 11.6 Å². The molecular formula is C18H23N3O2. The summed E-state index contributed by atoms with van der Waals surface area (Å²) in [6.07, 6.45) is 1.81. The molecule has 122 valence electrons. The highest BCUT2D eigenvalue weighted by Gasteiger charge is 2.24. The lowest BCUT2D eigenvalue weighted by molar-refractivity contribution is -0.115. The Balaban J connectivity index is 1.97. The van der Waals surface area contributed by atoms with Crippen LogP contribution >= 0.6 is 0 Å². The molecule has 5 nitrogen and oxygen atoms in total. The molecule has 5 heteroatoms. The summed E-state index contributed by atoms with van der Waals surface area (Å²) in [5, 5.41) is 4.01. The number of ether oxygens (including phenoxy) is 1. The molecule has 1 fully saturated rings. The summed E-state index contributed by atoms with van der Waals surface area (Å²) in [7, 11) is 1.77. The number of amides is 1. The summed E-state index contributed by atoms with van der Waals surface area (Å²) in [4.78, 5) is 18.6. The lowest BCUT2D eigenvalue weighted by Gasteiger charge is -2.21. The van der Waals surface area contributed by atoms with E-state index in [-0.39, 0.29) is 5.91 Å². The Morgan fingerprint density at radius 3 is 2.96 bits per heavy atom. The van der Waals surface area contributed by atoms with Crippen molar-refractivity contribution in [2.75, 3.05) is 30.4 Å². The second-order valence-electron chi connectivity index (χ2n) is 6.01. The van der Waals surface area contributed by atoms with Gasteiger partial charge in [-0.15, -0.1) is 0 Å². The van der Waals surface area contributed by atoms with E-state index < -0.39 is 0 Å². The number of pyridine rings is 1. The van der Waals surface area contributed by atoms with Crippen molar-refractivity contribution in [3.63, 3.8) is 0 Å². The molecule has 1 aliphatic rings. The van der Waals surface area contributed by atoms with Crippen LogP contribution in [0.15, 0.2) is 24.3 Å². The first kappa shape index (κ1) is 15.7. The number of anilines is 2. The standard InChI is InChI=1S/C18H23N3O2/c1-4-18(22)20-13-5-6-15-16(10-13)19-12(2)9-17(15)21-8-7-14(11-21)23-3/h5-6,9-10,14H,4,7-8,11H2,1-3H3,(H,20,22). The molecule has 23 heavy (non-hydrogen) atoms. The second kappa shape index (κ2) is 6.54. The zero-order chi connectivity index (χ0) is 16.4. The Hall–Kier alpha value is -2.14. The Kier molecular flexibility index (Phi) is 4.48. The van der Waals surface area contributed by atoms with E-state index in [9.17, 15) is 4.79 Å². The van der Waals surface area contributed by atoms with Crippen LogP contribution in [0.1, 0.15) is 25.5 Å². The molecule has 0 radical (unpaired) electrons. The maximum atomic E-state index is 11.6. The number of aryl methyl sites for hydroxylation is 1. The fourth-order valence-electron chi connectivity index (χ4n) is 3.07. The molecule has 1 aromatic heterocycles. The minimum atomic E-state index is 0.0136. The molecule has 1 saturated heterocycles. The number of rotatable bonds is 4. The summed E-state index contributed by atoms with van der Waals surface area (Å²) < 4.78 is 5.48. The molecular weight excluding hydrogens is 290 g/mol. The van der Waals surface area contributed by atoms with E-state index in [0.29, 0.717) is 12.5 Å². The van der Waals surface area contributed by atoms with Crippen LogP contribution in [0.4, 0.5) is 11.4 Å². The second-order valence-corrected chi connectivity index (χ2v) is 6.01. The van der Waals surface area contributed by atoms with Gasteiger partial charge in [0.2, 0.25) is 5.91 Å². The topological polar surface area (TPSA) is 54.5 Å². The van der Waals surface area contributed by atoms with Gasteiger partial charge < -0.3 is 15.0 Å². The van der Waals surface area contributed by atoms with Crippen molar-refractivity contribution in [1.82, 2.24) is 4.98 Å². The third-order valence-corrected chi connectivity index (χ3v) is 4.34. The van der Waals surface area contributed by atoms with Crippen molar-refractivity contribution in [1.29, 1.82) is 0 Å². The number of hydrogen-bond acceptors (Lipinski definition) is 4. The number of hydrogen-bond donors (Lipinski definition) is 1. The lowest BCUT2D eigenvalue weighted by Crippen LogP contribution is -2.22. The molecule has 0 saturated carbocycles. The monoisotopic (exact) mass is 313 g/mol. The van der Waals surface area contributed by atoms with Crippen molar-refractivity contribution in [3.8, 4) is 0 Å². The molecule has 1 aliphatic heterocycles. The fraction of sp³-hybridized carbons (Fsp3) is 0.444. The number of fused-ring (bicyclic) bond motifs is 1. The van der Waals surface area contributed by atoms with Gasteiger partial charge in [-0.05, 0) is 37.6 Å². The zero-order valence-corrected chi connectivity index (χ0v) is 13.9. The van der Waals surface area contributed by atoms with Gasteiger partial charge in [-0.25, -0.2) is 0 Å². The predicted molar refractivity (Wildman–Crippen MR) is 93.0 cm³/mol. The van der Waals surface area contributed by atoms with E-state index >= 15 is 0 Å². The van der Waals surface area contributed by atoms with Gasteiger partial charge in [0.15, 0.2) is 0 Å². The number of carbonyl (C=O) groups excluding carboxylic acids is 1. The van der Waals surface area contributed by atoms with Crippen molar-refractivity contribution in [2.45, 2.75) is 32.8 Å². The van der Waals surface area contributed by atoms with Crippen LogP contribution in [0.25, 0.3) is 10.9 Å². The molecule has 2 aromatic rings. The van der Waals surface area contributed by atoms with E-state index in [2.05, 4.69) is 21.3 Å². The van der Waals surface area contributed by atoms with E-state index in [0.717, 1.165) is 41.8 Å². The van der Waals surface area contributed by atoms with Gasteiger partial charge in [0.1, 0.15) is 0 Å². The molecule has 0 aliphatic carbocycles. The van der Waals surface area contributed by atoms with Gasteiger partial charge in [0.25, 0.3) is 0 Å². The molecule has 1 N–H and O–H groups in total. The highest BCUT2D eigenvalue weighted by atomic mass is 16.5. The van der Waals surface area contributed by atoms with E-state index in [1.165, 1.54) is 5.69 Å². The molecule has 1 atom stereocenters. The average molecular weight is 313 g/mol. The van der Waals surface area contributed by atoms with Crippen LogP contribution in [-0.4, -0.2) is 37.2 Å². The van der Waals surface area contributed by atoms with Crippen LogP contribution in [0.3, 0.4) is 0 Å². The Labute approximate surface area is 136 Å². The molecule has 1 aromatic carbocycles. The number of carbonyl (C=O) groups is 1. The average Bonchev–Trinajstić information content (AvgIpc) is 3.02. The lowest BCUT2D eigenvalue weighted by atomic mass is 10.1. The van der Waals surface area contributed by atoms with Gasteiger partial charge in [-0.3, -0.25) is 9.78 Å². The first-order chi connectivity index (χ1) is 11.1. The zero-order valence-electron chi connectivity index (χ0n) is 13.9. The summed E-state index contributed by atoms with van der Waals surface area (Å²) >= 11 is 0. The largest absolute Gasteiger partial charge is 0.380 e. The van der Waals surface area contributed by atoms with Crippen molar-refractivity contribution < 1.29 is 9.53 Å². The molecule has 0 bridgehead atoms. The molecule has 3 rings (SSSR count). The fourth-order valence-corrected chi connectivity index (χ4v) is 3.07. The molecule has 2 heterocycles. The van der Waals surface area contributed by atoms with Crippen molar-refractivity contribution >= 4 is 28.2 Å². The van der Waals surface area contributed by atoms with Crippen LogP contribution in [0.5, 0.6) is 0 Å². The summed E-state index contributed by atoms with van der Waals surface area (Å²) in [6, 6.07) is 8.07. The van der Waals surface area contributed by atoms with Crippen molar-refractivity contribution in [2.24, 2.45) is 0 Å². The molecule has 0 spiro atoms. The predicted octanol–water partition coefficient (Wildman–Crippen LogP) is 3.12. The number of benzene rings is 1. The Morgan fingerprint density at radius 1 is 1.43 bits per heavy atom. The number of nitrogens with zero attached hydrogens (tertiary/aromatic N) is 2. The highest BCUT2D eigenvalue weighted by molar-refractivity contribution is 5.97.